The highest BCUT2D eigenvalue weighted by Gasteiger charge is 2.54. The fourth-order valence-corrected chi connectivity index (χ4v) is 18.4. The van der Waals surface area contributed by atoms with Gasteiger partial charge in [0.15, 0.2) is 5.82 Å². The SMILES string of the molecule is CC(C)[Si](C#Cc1c(F)ccc2cc(O[Si](C(C)C)(C(C)C)C(C)C)c(F)c(B3OC(C)(C)C(C)(C)O3)c12)(C(C)C)C(C)C. The number of benzene rings is 2. The molecule has 0 aromatic heterocycles. The third-order valence-corrected chi connectivity index (χ3v) is 23.2. The Morgan fingerprint density at radius 2 is 1.18 bits per heavy atom. The summed E-state index contributed by atoms with van der Waals surface area (Å²) in [4.78, 5) is 0. The Morgan fingerprint density at radius 3 is 1.59 bits per heavy atom. The van der Waals surface area contributed by atoms with Gasteiger partial charge in [-0.3, -0.25) is 0 Å². The molecule has 0 aliphatic carbocycles. The van der Waals surface area contributed by atoms with Crippen molar-refractivity contribution in [3.8, 4) is 17.2 Å². The Kier molecular flexibility index (Phi) is 10.8. The van der Waals surface area contributed by atoms with Crippen LogP contribution in [0.4, 0.5) is 8.78 Å². The topological polar surface area (TPSA) is 27.7 Å². The molecule has 0 atom stereocenters. The van der Waals surface area contributed by atoms with E-state index in [1.165, 1.54) is 6.07 Å². The van der Waals surface area contributed by atoms with Crippen LogP contribution in [0.2, 0.25) is 33.2 Å². The second-order valence-electron chi connectivity index (χ2n) is 15.8. The Morgan fingerprint density at radius 1 is 0.727 bits per heavy atom. The maximum atomic E-state index is 17.2. The minimum Gasteiger partial charge on any atom is -0.541 e. The molecule has 0 radical (unpaired) electrons. The maximum Gasteiger partial charge on any atom is 0.498 e. The lowest BCUT2D eigenvalue weighted by molar-refractivity contribution is 0.00578. The van der Waals surface area contributed by atoms with Crippen molar-refractivity contribution < 1.29 is 22.5 Å². The molecule has 1 fully saturated rings. The zero-order chi connectivity index (χ0) is 33.7. The molecule has 244 valence electrons. The average molecular weight is 643 g/mol. The summed E-state index contributed by atoms with van der Waals surface area (Å²) in [6, 6.07) is 4.90. The van der Waals surface area contributed by atoms with Gasteiger partial charge in [0.1, 0.15) is 19.6 Å². The fourth-order valence-electron chi connectivity index (χ4n) is 7.98. The molecular weight excluding hydrogens is 585 g/mol. The number of fused-ring (bicyclic) bond motifs is 1. The van der Waals surface area contributed by atoms with Gasteiger partial charge in [-0.2, -0.15) is 0 Å². The molecule has 2 aromatic carbocycles. The van der Waals surface area contributed by atoms with Crippen LogP contribution in [-0.2, 0) is 9.31 Å². The quantitative estimate of drug-likeness (QED) is 0.201. The van der Waals surface area contributed by atoms with Crippen molar-refractivity contribution in [1.82, 2.24) is 0 Å². The average Bonchev–Trinajstić information content (AvgIpc) is 3.09. The highest BCUT2D eigenvalue weighted by Crippen LogP contribution is 2.45. The Labute approximate surface area is 269 Å². The molecule has 8 heteroatoms. The summed E-state index contributed by atoms with van der Waals surface area (Å²) >= 11 is 0. The van der Waals surface area contributed by atoms with Crippen LogP contribution in [-0.4, -0.2) is 34.7 Å². The van der Waals surface area contributed by atoms with Crippen LogP contribution in [0.3, 0.4) is 0 Å². The van der Waals surface area contributed by atoms with E-state index in [1.807, 2.05) is 27.7 Å². The van der Waals surface area contributed by atoms with Gasteiger partial charge in [0.2, 0.25) is 0 Å². The number of hydrogen-bond donors (Lipinski definition) is 0. The van der Waals surface area contributed by atoms with Gasteiger partial charge in [-0.1, -0.05) is 95.1 Å². The van der Waals surface area contributed by atoms with Crippen molar-refractivity contribution >= 4 is 39.7 Å². The van der Waals surface area contributed by atoms with Crippen molar-refractivity contribution in [1.29, 1.82) is 0 Å². The molecule has 3 nitrogen and oxygen atoms in total. The fraction of sp³-hybridized carbons (Fsp3) is 0.667. The highest BCUT2D eigenvalue weighted by molar-refractivity contribution is 6.90. The van der Waals surface area contributed by atoms with Gasteiger partial charge < -0.3 is 13.7 Å². The van der Waals surface area contributed by atoms with Crippen molar-refractivity contribution in [2.24, 2.45) is 0 Å². The van der Waals surface area contributed by atoms with Crippen molar-refractivity contribution in [3.63, 3.8) is 0 Å². The minimum atomic E-state index is -2.53. The summed E-state index contributed by atoms with van der Waals surface area (Å²) in [5.41, 5.74) is 4.46. The monoisotopic (exact) mass is 642 g/mol. The number of halogens is 2. The zero-order valence-electron chi connectivity index (χ0n) is 30.3. The molecule has 0 bridgehead atoms. The van der Waals surface area contributed by atoms with E-state index in [4.69, 9.17) is 13.7 Å². The van der Waals surface area contributed by atoms with Gasteiger partial charge in [0.05, 0.1) is 16.8 Å². The first-order chi connectivity index (χ1) is 20.1. The van der Waals surface area contributed by atoms with Crippen molar-refractivity contribution in [2.75, 3.05) is 0 Å². The van der Waals surface area contributed by atoms with E-state index in [0.717, 1.165) is 0 Å². The van der Waals surface area contributed by atoms with E-state index in [1.54, 1.807) is 12.1 Å². The third-order valence-electron chi connectivity index (χ3n) is 10.9. The first kappa shape index (κ1) is 36.8. The molecule has 1 aliphatic heterocycles. The second kappa shape index (κ2) is 12.9. The standard InChI is InChI=1S/C36H57BF2O3Si2/c1-22(2)43(23(3)4,24(5)6)20-19-29-30(38)18-17-28-21-31(40-44(25(7)8,26(9)10)27(11)12)34(39)33(32(28)29)37-41-35(13,14)36(15,16)42-37/h17-18,21-27H,1-16H3. The molecular formula is C36H57BF2O3Si2. The van der Waals surface area contributed by atoms with Crippen molar-refractivity contribution in [2.45, 2.75) is 155 Å². The predicted octanol–water partition coefficient (Wildman–Crippen LogP) is 10.5. The molecule has 0 unspecified atom stereocenters. The van der Waals surface area contributed by atoms with E-state index in [9.17, 15) is 0 Å². The second-order valence-corrected chi connectivity index (χ2v) is 26.7. The van der Waals surface area contributed by atoms with E-state index in [0.29, 0.717) is 27.4 Å². The Hall–Kier alpha value is -1.66. The largest absolute Gasteiger partial charge is 0.541 e. The molecule has 0 saturated carbocycles. The summed E-state index contributed by atoms with van der Waals surface area (Å²) in [5.74, 6) is 2.49. The van der Waals surface area contributed by atoms with E-state index in [2.05, 4.69) is 94.5 Å². The van der Waals surface area contributed by atoms with Crippen LogP contribution in [0.15, 0.2) is 18.2 Å². The van der Waals surface area contributed by atoms with E-state index in [-0.39, 0.29) is 33.4 Å². The van der Waals surface area contributed by atoms with Gasteiger partial charge in [0.25, 0.3) is 8.32 Å². The molecule has 3 rings (SSSR count). The van der Waals surface area contributed by atoms with Crippen molar-refractivity contribution in [3.05, 3.63) is 35.4 Å². The smallest absolute Gasteiger partial charge is 0.498 e. The lowest BCUT2D eigenvalue weighted by Gasteiger charge is -2.42. The van der Waals surface area contributed by atoms with Gasteiger partial charge in [-0.05, 0) is 78.5 Å². The molecule has 1 aliphatic rings. The lowest BCUT2D eigenvalue weighted by Crippen LogP contribution is -2.51. The maximum absolute atomic E-state index is 17.2. The van der Waals surface area contributed by atoms with Crippen LogP contribution < -0.4 is 9.89 Å². The van der Waals surface area contributed by atoms with Gasteiger partial charge in [-0.15, -0.1) is 5.54 Å². The first-order valence-electron chi connectivity index (χ1n) is 16.6. The molecule has 44 heavy (non-hydrogen) atoms. The summed E-state index contributed by atoms with van der Waals surface area (Å²) in [6.07, 6.45) is 0. The van der Waals surface area contributed by atoms with Crippen LogP contribution in [0.25, 0.3) is 10.8 Å². The predicted molar refractivity (Wildman–Crippen MR) is 189 cm³/mol. The summed E-state index contributed by atoms with van der Waals surface area (Å²) < 4.78 is 53.0. The van der Waals surface area contributed by atoms with Crippen LogP contribution in [0, 0.1) is 23.1 Å². The lowest BCUT2D eigenvalue weighted by atomic mass is 9.74. The molecule has 1 heterocycles. The molecule has 0 N–H and O–H groups in total. The summed E-state index contributed by atoms with van der Waals surface area (Å²) in [5, 5.41) is 1.08. The highest BCUT2D eigenvalue weighted by atomic mass is 28.4. The summed E-state index contributed by atoms with van der Waals surface area (Å²) in [6.45, 7) is 34.2. The normalized spacial score (nSPS) is 17.1. The van der Waals surface area contributed by atoms with Gasteiger partial charge in [0, 0.05) is 10.8 Å². The van der Waals surface area contributed by atoms with E-state index < -0.39 is 46.3 Å². The third kappa shape index (κ3) is 6.08. The van der Waals surface area contributed by atoms with Gasteiger partial charge in [-0.25, -0.2) is 8.78 Å². The minimum absolute atomic E-state index is 0.171. The van der Waals surface area contributed by atoms with Crippen LogP contribution in [0.5, 0.6) is 5.75 Å². The summed E-state index contributed by atoms with van der Waals surface area (Å²) in [7, 11) is -5.79. The Balaban J connectivity index is 2.48. The van der Waals surface area contributed by atoms with Crippen LogP contribution >= 0.6 is 0 Å². The first-order valence-corrected chi connectivity index (χ1v) is 21.0. The zero-order valence-corrected chi connectivity index (χ0v) is 32.3. The number of rotatable bonds is 9. The van der Waals surface area contributed by atoms with E-state index >= 15 is 8.78 Å². The molecule has 0 amide bonds. The van der Waals surface area contributed by atoms with Gasteiger partial charge >= 0.3 is 7.12 Å². The number of hydrogen-bond acceptors (Lipinski definition) is 3. The van der Waals surface area contributed by atoms with Crippen LogP contribution in [0.1, 0.15) is 116 Å². The molecule has 2 aromatic rings. The molecule has 0 spiro atoms. The molecule has 1 saturated heterocycles. The Bertz CT molecular complexity index is 1360.